The van der Waals surface area contributed by atoms with Crippen LogP contribution in [0.2, 0.25) is 5.02 Å². The average Bonchev–Trinajstić information content (AvgIpc) is 2.86. The van der Waals surface area contributed by atoms with Gasteiger partial charge < -0.3 is 10.6 Å². The lowest BCUT2D eigenvalue weighted by molar-refractivity contribution is 0.0989. The van der Waals surface area contributed by atoms with E-state index in [-0.39, 0.29) is 5.91 Å². The molecule has 0 bridgehead atoms. The first-order valence-electron chi connectivity index (χ1n) is 6.54. The molecule has 1 heterocycles. The number of anilines is 2. The summed E-state index contributed by atoms with van der Waals surface area (Å²) in [7, 11) is 0. The Kier molecular flexibility index (Phi) is 3.14. The van der Waals surface area contributed by atoms with Crippen LogP contribution in [-0.4, -0.2) is 12.5 Å². The van der Waals surface area contributed by atoms with E-state index in [0.717, 1.165) is 23.2 Å². The standard InChI is InChI=1S/C16H15ClN2O/c1-10-4-2-6-12(14(10)17)16(20)19-9-8-11-5-3-7-13(18)15(11)19/h2-7H,8-9,18H2,1H3. The van der Waals surface area contributed by atoms with Gasteiger partial charge in [-0.1, -0.05) is 35.9 Å². The highest BCUT2D eigenvalue weighted by Crippen LogP contribution is 2.35. The molecule has 0 atom stereocenters. The molecule has 2 aromatic rings. The van der Waals surface area contributed by atoms with Crippen molar-refractivity contribution in [1.29, 1.82) is 0 Å². The first-order valence-corrected chi connectivity index (χ1v) is 6.91. The molecule has 2 N–H and O–H groups in total. The second-order valence-electron chi connectivity index (χ2n) is 5.00. The van der Waals surface area contributed by atoms with Gasteiger partial charge in [0.25, 0.3) is 5.91 Å². The number of hydrogen-bond donors (Lipinski definition) is 1. The fourth-order valence-electron chi connectivity index (χ4n) is 2.65. The first kappa shape index (κ1) is 13.0. The molecule has 0 unspecified atom stereocenters. The molecule has 102 valence electrons. The van der Waals surface area contributed by atoms with Gasteiger partial charge in [-0.2, -0.15) is 0 Å². The van der Waals surface area contributed by atoms with Crippen molar-refractivity contribution >= 4 is 28.9 Å². The summed E-state index contributed by atoms with van der Waals surface area (Å²) in [6, 6.07) is 11.3. The summed E-state index contributed by atoms with van der Waals surface area (Å²) < 4.78 is 0. The number of halogens is 1. The number of benzene rings is 2. The van der Waals surface area contributed by atoms with E-state index in [1.165, 1.54) is 0 Å². The van der Waals surface area contributed by atoms with E-state index >= 15 is 0 Å². The summed E-state index contributed by atoms with van der Waals surface area (Å²) in [5.74, 6) is -0.0876. The minimum atomic E-state index is -0.0876. The molecule has 20 heavy (non-hydrogen) atoms. The van der Waals surface area contributed by atoms with Gasteiger partial charge in [-0.3, -0.25) is 4.79 Å². The monoisotopic (exact) mass is 286 g/mol. The molecule has 3 rings (SSSR count). The number of nitrogens with two attached hydrogens (primary N) is 1. The number of carbonyl (C=O) groups excluding carboxylic acids is 1. The molecule has 1 aliphatic rings. The molecule has 1 amide bonds. The van der Waals surface area contributed by atoms with Crippen molar-refractivity contribution in [3.63, 3.8) is 0 Å². The van der Waals surface area contributed by atoms with E-state index in [1.54, 1.807) is 11.0 Å². The van der Waals surface area contributed by atoms with E-state index in [0.29, 0.717) is 22.8 Å². The summed E-state index contributed by atoms with van der Waals surface area (Å²) in [5, 5.41) is 0.514. The van der Waals surface area contributed by atoms with E-state index in [9.17, 15) is 4.79 Å². The largest absolute Gasteiger partial charge is 0.397 e. The third-order valence-corrected chi connectivity index (χ3v) is 4.19. The van der Waals surface area contributed by atoms with Crippen LogP contribution in [0.25, 0.3) is 0 Å². The lowest BCUT2D eigenvalue weighted by Crippen LogP contribution is -2.29. The van der Waals surface area contributed by atoms with Crippen LogP contribution in [0.3, 0.4) is 0 Å². The summed E-state index contributed by atoms with van der Waals surface area (Å²) in [5.41, 5.74) is 10.0. The lowest BCUT2D eigenvalue weighted by Gasteiger charge is -2.20. The molecule has 4 heteroatoms. The number of carbonyl (C=O) groups is 1. The van der Waals surface area contributed by atoms with Crippen LogP contribution in [0.1, 0.15) is 21.5 Å². The number of fused-ring (bicyclic) bond motifs is 1. The number of nitrogens with zero attached hydrogens (tertiary/aromatic N) is 1. The predicted octanol–water partition coefficient (Wildman–Crippen LogP) is 3.43. The van der Waals surface area contributed by atoms with Crippen LogP contribution in [0.5, 0.6) is 0 Å². The summed E-state index contributed by atoms with van der Waals surface area (Å²) in [6.07, 6.45) is 0.829. The maximum absolute atomic E-state index is 12.7. The molecular formula is C16H15ClN2O. The smallest absolute Gasteiger partial charge is 0.259 e. The van der Waals surface area contributed by atoms with Crippen molar-refractivity contribution in [3.8, 4) is 0 Å². The normalized spacial score (nSPS) is 13.4. The minimum absolute atomic E-state index is 0.0876. The molecule has 2 aromatic carbocycles. The molecule has 0 radical (unpaired) electrons. The molecule has 0 saturated heterocycles. The van der Waals surface area contributed by atoms with Gasteiger partial charge in [-0.15, -0.1) is 0 Å². The highest BCUT2D eigenvalue weighted by atomic mass is 35.5. The minimum Gasteiger partial charge on any atom is -0.397 e. The van der Waals surface area contributed by atoms with Crippen molar-refractivity contribution in [2.75, 3.05) is 17.2 Å². The molecular weight excluding hydrogens is 272 g/mol. The van der Waals surface area contributed by atoms with Crippen molar-refractivity contribution in [1.82, 2.24) is 0 Å². The van der Waals surface area contributed by atoms with E-state index in [4.69, 9.17) is 17.3 Å². The molecule has 0 spiro atoms. The fourth-order valence-corrected chi connectivity index (χ4v) is 2.85. The summed E-state index contributed by atoms with van der Waals surface area (Å²) >= 11 is 6.25. The SMILES string of the molecule is Cc1cccc(C(=O)N2CCc3cccc(N)c32)c1Cl. The van der Waals surface area contributed by atoms with Crippen molar-refractivity contribution in [2.24, 2.45) is 0 Å². The summed E-state index contributed by atoms with van der Waals surface area (Å²) in [4.78, 5) is 14.4. The number of rotatable bonds is 1. The Morgan fingerprint density at radius 1 is 1.25 bits per heavy atom. The van der Waals surface area contributed by atoms with Crippen LogP contribution in [0.4, 0.5) is 11.4 Å². The molecule has 3 nitrogen and oxygen atoms in total. The predicted molar refractivity (Wildman–Crippen MR) is 82.4 cm³/mol. The van der Waals surface area contributed by atoms with Crippen LogP contribution < -0.4 is 10.6 Å². The van der Waals surface area contributed by atoms with Gasteiger partial charge in [0, 0.05) is 6.54 Å². The Bertz CT molecular complexity index is 697. The highest BCUT2D eigenvalue weighted by Gasteiger charge is 2.28. The third-order valence-electron chi connectivity index (χ3n) is 3.69. The highest BCUT2D eigenvalue weighted by molar-refractivity contribution is 6.35. The fraction of sp³-hybridized carbons (Fsp3) is 0.188. The van der Waals surface area contributed by atoms with E-state index in [1.807, 2.05) is 37.3 Å². The molecule has 0 aromatic heterocycles. The van der Waals surface area contributed by atoms with Gasteiger partial charge in [0.15, 0.2) is 0 Å². The van der Waals surface area contributed by atoms with E-state index < -0.39 is 0 Å². The van der Waals surface area contributed by atoms with Crippen LogP contribution in [0.15, 0.2) is 36.4 Å². The first-order chi connectivity index (χ1) is 9.59. The van der Waals surface area contributed by atoms with Crippen LogP contribution in [-0.2, 0) is 6.42 Å². The molecule has 1 aliphatic heterocycles. The van der Waals surface area contributed by atoms with Gasteiger partial charge in [0.05, 0.1) is 22.0 Å². The van der Waals surface area contributed by atoms with Gasteiger partial charge in [0.2, 0.25) is 0 Å². The number of nitrogen functional groups attached to an aromatic ring is 1. The molecule has 0 fully saturated rings. The van der Waals surface area contributed by atoms with Gasteiger partial charge >= 0.3 is 0 Å². The van der Waals surface area contributed by atoms with Gasteiger partial charge in [-0.05, 0) is 36.6 Å². The zero-order valence-electron chi connectivity index (χ0n) is 11.2. The molecule has 0 saturated carbocycles. The topological polar surface area (TPSA) is 46.3 Å². The third kappa shape index (κ3) is 1.95. The quantitative estimate of drug-likeness (QED) is 0.816. The second kappa shape index (κ2) is 4.84. The summed E-state index contributed by atoms with van der Waals surface area (Å²) in [6.45, 7) is 2.54. The zero-order chi connectivity index (χ0) is 14.3. The maximum Gasteiger partial charge on any atom is 0.259 e. The van der Waals surface area contributed by atoms with Crippen LogP contribution >= 0.6 is 11.6 Å². The van der Waals surface area contributed by atoms with Gasteiger partial charge in [0.1, 0.15) is 0 Å². The Morgan fingerprint density at radius 2 is 2.00 bits per heavy atom. The van der Waals surface area contributed by atoms with Gasteiger partial charge in [-0.25, -0.2) is 0 Å². The Morgan fingerprint density at radius 3 is 2.80 bits per heavy atom. The van der Waals surface area contributed by atoms with E-state index in [2.05, 4.69) is 0 Å². The molecule has 0 aliphatic carbocycles. The Balaban J connectivity index is 2.04. The number of para-hydroxylation sites is 1. The zero-order valence-corrected chi connectivity index (χ0v) is 11.9. The Labute approximate surface area is 123 Å². The maximum atomic E-state index is 12.7. The van der Waals surface area contributed by atoms with Crippen molar-refractivity contribution < 1.29 is 4.79 Å². The van der Waals surface area contributed by atoms with Crippen molar-refractivity contribution in [3.05, 3.63) is 58.1 Å². The number of hydrogen-bond acceptors (Lipinski definition) is 2. The average molecular weight is 287 g/mol. The number of amides is 1. The lowest BCUT2D eigenvalue weighted by atomic mass is 10.1. The van der Waals surface area contributed by atoms with Crippen LogP contribution in [0, 0.1) is 6.92 Å². The number of aryl methyl sites for hydroxylation is 1. The Hall–Kier alpha value is -2.00. The second-order valence-corrected chi connectivity index (χ2v) is 5.38. The van der Waals surface area contributed by atoms with Crippen molar-refractivity contribution in [2.45, 2.75) is 13.3 Å².